The zero-order valence-electron chi connectivity index (χ0n) is 14.8. The van der Waals surface area contributed by atoms with Crippen LogP contribution in [0.2, 0.25) is 0 Å². The Kier molecular flexibility index (Phi) is 4.57. The summed E-state index contributed by atoms with van der Waals surface area (Å²) in [4.78, 5) is 12.7. The Labute approximate surface area is 150 Å². The van der Waals surface area contributed by atoms with Crippen molar-refractivity contribution in [3.63, 3.8) is 0 Å². The third-order valence-corrected chi connectivity index (χ3v) is 3.92. The molecule has 0 aliphatic heterocycles. The van der Waals surface area contributed by atoms with E-state index < -0.39 is 5.60 Å². The van der Waals surface area contributed by atoms with E-state index in [1.165, 1.54) is 31.4 Å². The van der Waals surface area contributed by atoms with Crippen molar-refractivity contribution in [1.82, 2.24) is 0 Å². The van der Waals surface area contributed by atoms with Gasteiger partial charge in [0.15, 0.2) is 11.0 Å². The highest BCUT2D eigenvalue weighted by Gasteiger charge is 2.18. The molecule has 2 aromatic carbocycles. The Balaban J connectivity index is 2.36. The van der Waals surface area contributed by atoms with Crippen molar-refractivity contribution in [2.75, 3.05) is 7.11 Å². The molecule has 0 radical (unpaired) electrons. The number of rotatable bonds is 4. The standard InChI is InChI=1S/C21H20O5/c1-21(2,24)10-9-14-15(22)11-18(25-3)19-16(23)12-17(26-20(14)19)13-7-5-4-6-8-13/h4-12,22,24H,1-3H3. The highest BCUT2D eigenvalue weighted by atomic mass is 16.5. The lowest BCUT2D eigenvalue weighted by Gasteiger charge is -2.13. The first-order chi connectivity index (χ1) is 12.3. The average Bonchev–Trinajstić information content (AvgIpc) is 2.59. The molecule has 26 heavy (non-hydrogen) atoms. The van der Waals surface area contributed by atoms with Gasteiger partial charge in [0.2, 0.25) is 0 Å². The fourth-order valence-electron chi connectivity index (χ4n) is 2.66. The molecular weight excluding hydrogens is 332 g/mol. The van der Waals surface area contributed by atoms with Gasteiger partial charge >= 0.3 is 0 Å². The molecule has 2 N–H and O–H groups in total. The Hall–Kier alpha value is -3.05. The first kappa shape index (κ1) is 17.8. The van der Waals surface area contributed by atoms with E-state index in [4.69, 9.17) is 9.15 Å². The predicted molar refractivity (Wildman–Crippen MR) is 101 cm³/mol. The van der Waals surface area contributed by atoms with Gasteiger partial charge in [-0.2, -0.15) is 0 Å². The third-order valence-electron chi connectivity index (χ3n) is 3.92. The lowest BCUT2D eigenvalue weighted by atomic mass is 10.0. The largest absolute Gasteiger partial charge is 0.507 e. The van der Waals surface area contributed by atoms with Crippen LogP contribution in [0.15, 0.2) is 57.8 Å². The number of hydrogen-bond acceptors (Lipinski definition) is 5. The molecule has 0 spiro atoms. The molecular formula is C21H20O5. The van der Waals surface area contributed by atoms with E-state index in [1.807, 2.05) is 30.3 Å². The first-order valence-corrected chi connectivity index (χ1v) is 8.15. The molecule has 1 heterocycles. The van der Waals surface area contributed by atoms with E-state index in [1.54, 1.807) is 13.8 Å². The minimum Gasteiger partial charge on any atom is -0.507 e. The van der Waals surface area contributed by atoms with Gasteiger partial charge in [-0.15, -0.1) is 0 Å². The minimum absolute atomic E-state index is 0.108. The number of aliphatic hydroxyl groups is 1. The van der Waals surface area contributed by atoms with E-state index >= 15 is 0 Å². The van der Waals surface area contributed by atoms with Crippen molar-refractivity contribution < 1.29 is 19.4 Å². The van der Waals surface area contributed by atoms with Crippen LogP contribution in [0, 0.1) is 0 Å². The van der Waals surface area contributed by atoms with Crippen molar-refractivity contribution in [3.05, 3.63) is 64.3 Å². The second kappa shape index (κ2) is 6.69. The fraction of sp³-hybridized carbons (Fsp3) is 0.190. The Bertz CT molecular complexity index is 1020. The van der Waals surface area contributed by atoms with Crippen LogP contribution in [-0.2, 0) is 0 Å². The number of phenols is 1. The van der Waals surface area contributed by atoms with Gasteiger partial charge in [0.1, 0.15) is 22.6 Å². The smallest absolute Gasteiger partial charge is 0.197 e. The van der Waals surface area contributed by atoms with Crippen molar-refractivity contribution >= 4 is 17.0 Å². The van der Waals surface area contributed by atoms with Gasteiger partial charge < -0.3 is 19.4 Å². The molecule has 0 amide bonds. The Morgan fingerprint density at radius 3 is 2.46 bits per heavy atom. The average molecular weight is 352 g/mol. The van der Waals surface area contributed by atoms with Crippen LogP contribution in [0.3, 0.4) is 0 Å². The quantitative estimate of drug-likeness (QED) is 0.743. The maximum atomic E-state index is 12.7. The molecule has 3 aromatic rings. The Morgan fingerprint density at radius 2 is 1.85 bits per heavy atom. The number of aromatic hydroxyl groups is 1. The van der Waals surface area contributed by atoms with Gasteiger partial charge in [-0.05, 0) is 19.9 Å². The van der Waals surface area contributed by atoms with E-state index in [0.717, 1.165) is 5.56 Å². The monoisotopic (exact) mass is 352 g/mol. The predicted octanol–water partition coefficient (Wildman–Crippen LogP) is 3.96. The molecule has 1 aromatic heterocycles. The van der Waals surface area contributed by atoms with Gasteiger partial charge in [-0.3, -0.25) is 4.79 Å². The lowest BCUT2D eigenvalue weighted by Crippen LogP contribution is -2.13. The van der Waals surface area contributed by atoms with E-state index in [-0.39, 0.29) is 27.9 Å². The normalized spacial score (nSPS) is 12.0. The summed E-state index contributed by atoms with van der Waals surface area (Å²) in [5.41, 5.74) is -0.117. The van der Waals surface area contributed by atoms with Gasteiger partial charge in [0.25, 0.3) is 0 Å². The van der Waals surface area contributed by atoms with Crippen LogP contribution in [0.5, 0.6) is 11.5 Å². The number of benzene rings is 2. The molecule has 0 aliphatic rings. The third kappa shape index (κ3) is 3.48. The van der Waals surface area contributed by atoms with Gasteiger partial charge in [0, 0.05) is 17.7 Å². The summed E-state index contributed by atoms with van der Waals surface area (Å²) in [6.07, 6.45) is 3.05. The summed E-state index contributed by atoms with van der Waals surface area (Å²) in [5.74, 6) is 0.503. The van der Waals surface area contributed by atoms with Gasteiger partial charge in [-0.1, -0.05) is 36.4 Å². The van der Waals surface area contributed by atoms with Crippen LogP contribution >= 0.6 is 0 Å². The lowest BCUT2D eigenvalue weighted by molar-refractivity contribution is 0.134. The van der Waals surface area contributed by atoms with Crippen molar-refractivity contribution in [1.29, 1.82) is 0 Å². The maximum Gasteiger partial charge on any atom is 0.197 e. The SMILES string of the molecule is COc1cc(O)c(C=CC(C)(C)O)c2oc(-c3ccccc3)cc(=O)c12. The van der Waals surface area contributed by atoms with Crippen molar-refractivity contribution in [3.8, 4) is 22.8 Å². The minimum atomic E-state index is -1.09. The zero-order chi connectivity index (χ0) is 18.9. The fourth-order valence-corrected chi connectivity index (χ4v) is 2.66. The molecule has 0 saturated carbocycles. The number of phenolic OH excluding ortho intramolecular Hbond substituents is 1. The first-order valence-electron chi connectivity index (χ1n) is 8.15. The summed E-state index contributed by atoms with van der Waals surface area (Å²) >= 11 is 0. The van der Waals surface area contributed by atoms with Crippen LogP contribution < -0.4 is 10.2 Å². The number of methoxy groups -OCH3 is 1. The molecule has 0 saturated heterocycles. The molecule has 0 atom stereocenters. The molecule has 0 bridgehead atoms. The highest BCUT2D eigenvalue weighted by molar-refractivity contribution is 5.94. The summed E-state index contributed by atoms with van der Waals surface area (Å²) < 4.78 is 11.2. The van der Waals surface area contributed by atoms with Crippen molar-refractivity contribution in [2.45, 2.75) is 19.4 Å². The van der Waals surface area contributed by atoms with E-state index in [0.29, 0.717) is 11.3 Å². The maximum absolute atomic E-state index is 12.7. The van der Waals surface area contributed by atoms with E-state index in [9.17, 15) is 15.0 Å². The molecule has 0 unspecified atom stereocenters. The number of fused-ring (bicyclic) bond motifs is 1. The summed E-state index contributed by atoms with van der Waals surface area (Å²) in [5, 5.41) is 20.6. The second-order valence-corrected chi connectivity index (χ2v) is 6.54. The van der Waals surface area contributed by atoms with E-state index in [2.05, 4.69) is 0 Å². The molecule has 134 valence electrons. The second-order valence-electron chi connectivity index (χ2n) is 6.54. The molecule has 0 aliphatic carbocycles. The number of hydrogen-bond donors (Lipinski definition) is 2. The van der Waals surface area contributed by atoms with Crippen LogP contribution in [-0.4, -0.2) is 22.9 Å². The van der Waals surface area contributed by atoms with Crippen molar-refractivity contribution in [2.24, 2.45) is 0 Å². The van der Waals surface area contributed by atoms with Crippen LogP contribution in [0.25, 0.3) is 28.4 Å². The highest BCUT2D eigenvalue weighted by Crippen LogP contribution is 2.36. The molecule has 0 fully saturated rings. The molecule has 5 nitrogen and oxygen atoms in total. The molecule has 3 rings (SSSR count). The molecule has 5 heteroatoms. The zero-order valence-corrected chi connectivity index (χ0v) is 14.8. The summed E-state index contributed by atoms with van der Waals surface area (Å²) in [7, 11) is 1.42. The Morgan fingerprint density at radius 1 is 1.15 bits per heavy atom. The van der Waals surface area contributed by atoms with Crippen LogP contribution in [0.1, 0.15) is 19.4 Å². The topological polar surface area (TPSA) is 79.9 Å². The van der Waals surface area contributed by atoms with Crippen LogP contribution in [0.4, 0.5) is 0 Å². The summed E-state index contributed by atoms with van der Waals surface area (Å²) in [6.45, 7) is 3.22. The summed E-state index contributed by atoms with van der Waals surface area (Å²) in [6, 6.07) is 12.0. The van der Waals surface area contributed by atoms with Gasteiger partial charge in [0.05, 0.1) is 18.3 Å². The van der Waals surface area contributed by atoms with Gasteiger partial charge in [-0.25, -0.2) is 0 Å². The number of ether oxygens (including phenoxy) is 1.